The molecule has 6 atom stereocenters. The summed E-state index contributed by atoms with van der Waals surface area (Å²) >= 11 is 0. The van der Waals surface area contributed by atoms with E-state index in [2.05, 4.69) is 17.6 Å². The number of hydrogen-bond acceptors (Lipinski definition) is 5. The van der Waals surface area contributed by atoms with Gasteiger partial charge in [-0.3, -0.25) is 14.4 Å². The molecule has 3 saturated heterocycles. The highest BCUT2D eigenvalue weighted by Crippen LogP contribution is 2.56. The van der Waals surface area contributed by atoms with E-state index in [9.17, 15) is 14.4 Å². The van der Waals surface area contributed by atoms with Gasteiger partial charge in [-0.1, -0.05) is 26.0 Å². The molecule has 0 spiro atoms. The van der Waals surface area contributed by atoms with Gasteiger partial charge in [0.1, 0.15) is 11.9 Å². The second kappa shape index (κ2) is 6.79. The summed E-state index contributed by atoms with van der Waals surface area (Å²) in [6.07, 6.45) is 3.01. The lowest BCUT2D eigenvalue weighted by Crippen LogP contribution is -2.60. The number of fused-ring (bicyclic) bond motifs is 3. The number of carbonyl (C=O) groups excluding carboxylic acids is 3. The number of amides is 2. The first-order valence-electron chi connectivity index (χ1n) is 11.1. The Hall–Kier alpha value is -2.41. The Balaban J connectivity index is 1.32. The first-order chi connectivity index (χ1) is 14.6. The van der Waals surface area contributed by atoms with Crippen molar-refractivity contribution in [3.63, 3.8) is 0 Å². The fourth-order valence-electron chi connectivity index (χ4n) is 6.55. The van der Waals surface area contributed by atoms with E-state index < -0.39 is 10.8 Å². The quantitative estimate of drug-likeness (QED) is 0.573. The number of rotatable bonds is 3. The summed E-state index contributed by atoms with van der Waals surface area (Å²) in [5.74, 6) is 0.249. The molecule has 3 aliphatic heterocycles. The molecule has 2 amide bonds. The van der Waals surface area contributed by atoms with Crippen molar-refractivity contribution in [2.75, 3.05) is 6.54 Å². The largest absolute Gasteiger partial charge is 0.426 e. The second-order valence-electron chi connectivity index (χ2n) is 10.8. The molecule has 0 radical (unpaired) electrons. The average Bonchev–Trinajstić information content (AvgIpc) is 2.67. The SMILES string of the molecule is C[C@]12CNC(=O)[C@](C)(C1)C[C@@](C)(C(=O)Oc1cccc([C@@H]3O[C@@H]4CCC(=O)N[C@@H]43)c1)C2. The van der Waals surface area contributed by atoms with Gasteiger partial charge in [0.2, 0.25) is 11.8 Å². The predicted octanol–water partition coefficient (Wildman–Crippen LogP) is 2.64. The summed E-state index contributed by atoms with van der Waals surface area (Å²) in [6.45, 7) is 6.60. The highest BCUT2D eigenvalue weighted by atomic mass is 16.5. The summed E-state index contributed by atoms with van der Waals surface area (Å²) in [7, 11) is 0. The molecule has 3 heterocycles. The van der Waals surface area contributed by atoms with Gasteiger partial charge >= 0.3 is 5.97 Å². The average molecular weight is 427 g/mol. The van der Waals surface area contributed by atoms with Crippen LogP contribution in [-0.4, -0.2) is 36.5 Å². The maximum atomic E-state index is 13.3. The van der Waals surface area contributed by atoms with Crippen molar-refractivity contribution >= 4 is 17.8 Å². The highest BCUT2D eigenvalue weighted by Gasteiger charge is 2.58. The molecular weight excluding hydrogens is 396 g/mol. The molecule has 1 aliphatic carbocycles. The number of piperidine rings is 2. The standard InChI is InChI=1S/C24H30N2O5/c1-22-10-23(2,20(28)25-13-22)12-24(3,11-22)21(29)30-15-6-4-5-14(9-15)19-18-16(31-19)7-8-17(27)26-18/h4-6,9,16,18-19H,7-8,10-13H2,1-3H3,(H,25,28)(H,26,27)/t16-,18+,19+,22+,23-,24+/m1/s1. The summed E-state index contributed by atoms with van der Waals surface area (Å²) in [5.41, 5.74) is -0.526. The molecule has 7 nitrogen and oxygen atoms in total. The van der Waals surface area contributed by atoms with E-state index in [4.69, 9.17) is 9.47 Å². The van der Waals surface area contributed by atoms with Gasteiger partial charge in [-0.15, -0.1) is 0 Å². The van der Waals surface area contributed by atoms with Gasteiger partial charge in [0.25, 0.3) is 0 Å². The van der Waals surface area contributed by atoms with Crippen molar-refractivity contribution in [2.24, 2.45) is 16.2 Å². The van der Waals surface area contributed by atoms with E-state index in [0.717, 1.165) is 18.4 Å². The zero-order valence-corrected chi connectivity index (χ0v) is 18.3. The zero-order valence-electron chi connectivity index (χ0n) is 18.3. The van der Waals surface area contributed by atoms with Crippen molar-refractivity contribution < 1.29 is 23.9 Å². The lowest BCUT2D eigenvalue weighted by molar-refractivity contribution is -0.180. The number of carbonyl (C=O) groups is 3. The molecule has 7 heteroatoms. The lowest BCUT2D eigenvalue weighted by Gasteiger charge is -2.54. The van der Waals surface area contributed by atoms with Gasteiger partial charge in [-0.05, 0) is 55.7 Å². The first kappa shape index (κ1) is 20.5. The summed E-state index contributed by atoms with van der Waals surface area (Å²) in [6, 6.07) is 7.33. The summed E-state index contributed by atoms with van der Waals surface area (Å²) in [4.78, 5) is 37.6. The van der Waals surface area contributed by atoms with E-state index in [-0.39, 0.29) is 41.4 Å². The maximum Gasteiger partial charge on any atom is 0.317 e. The van der Waals surface area contributed by atoms with Gasteiger partial charge in [-0.25, -0.2) is 0 Å². The van der Waals surface area contributed by atoms with Gasteiger partial charge in [-0.2, -0.15) is 0 Å². The zero-order chi connectivity index (χ0) is 22.0. The van der Waals surface area contributed by atoms with E-state index in [1.165, 1.54) is 0 Å². The molecule has 31 heavy (non-hydrogen) atoms. The van der Waals surface area contributed by atoms with Crippen LogP contribution in [0.3, 0.4) is 0 Å². The molecule has 0 unspecified atom stereocenters. The van der Waals surface area contributed by atoms with Crippen molar-refractivity contribution in [3.05, 3.63) is 29.8 Å². The van der Waals surface area contributed by atoms with E-state index in [0.29, 0.717) is 31.6 Å². The number of esters is 1. The van der Waals surface area contributed by atoms with Gasteiger partial charge in [0, 0.05) is 18.4 Å². The fraction of sp³-hybridized carbons (Fsp3) is 0.625. The molecule has 1 aromatic rings. The molecule has 2 bridgehead atoms. The number of ether oxygens (including phenoxy) is 2. The van der Waals surface area contributed by atoms with Gasteiger partial charge < -0.3 is 20.1 Å². The molecular formula is C24H30N2O5. The Bertz CT molecular complexity index is 963. The van der Waals surface area contributed by atoms with Crippen molar-refractivity contribution in [3.8, 4) is 5.75 Å². The van der Waals surface area contributed by atoms with Gasteiger partial charge in [0.05, 0.1) is 17.6 Å². The Morgan fingerprint density at radius 3 is 2.77 bits per heavy atom. The molecule has 1 aromatic carbocycles. The maximum absolute atomic E-state index is 13.3. The van der Waals surface area contributed by atoms with E-state index in [1.54, 1.807) is 6.07 Å². The van der Waals surface area contributed by atoms with Crippen molar-refractivity contribution in [1.82, 2.24) is 10.6 Å². The van der Waals surface area contributed by atoms with Crippen LogP contribution in [0.25, 0.3) is 0 Å². The molecule has 0 aromatic heterocycles. The van der Waals surface area contributed by atoms with Crippen LogP contribution >= 0.6 is 0 Å². The minimum atomic E-state index is -0.731. The minimum Gasteiger partial charge on any atom is -0.426 e. The highest BCUT2D eigenvalue weighted by molar-refractivity contribution is 5.86. The monoisotopic (exact) mass is 426 g/mol. The van der Waals surface area contributed by atoms with E-state index in [1.807, 2.05) is 32.0 Å². The van der Waals surface area contributed by atoms with Gasteiger partial charge in [0.15, 0.2) is 0 Å². The number of nitrogens with one attached hydrogen (secondary N) is 2. The van der Waals surface area contributed by atoms with Crippen LogP contribution in [0.1, 0.15) is 64.5 Å². The minimum absolute atomic E-state index is 0.0249. The second-order valence-corrected chi connectivity index (χ2v) is 10.8. The molecule has 4 fully saturated rings. The molecule has 1 saturated carbocycles. The molecule has 4 aliphatic rings. The van der Waals surface area contributed by atoms with Crippen LogP contribution in [0.5, 0.6) is 5.75 Å². The third-order valence-electron chi connectivity index (χ3n) is 7.56. The van der Waals surface area contributed by atoms with Crippen LogP contribution in [0, 0.1) is 16.2 Å². The van der Waals surface area contributed by atoms with E-state index >= 15 is 0 Å². The smallest absolute Gasteiger partial charge is 0.317 e. The molecule has 166 valence electrons. The van der Waals surface area contributed by atoms with Crippen molar-refractivity contribution in [1.29, 1.82) is 0 Å². The molecule has 2 N–H and O–H groups in total. The Labute approximate surface area is 182 Å². The van der Waals surface area contributed by atoms with Crippen LogP contribution in [0.15, 0.2) is 24.3 Å². The fourth-order valence-corrected chi connectivity index (χ4v) is 6.55. The number of benzene rings is 1. The summed E-state index contributed by atoms with van der Waals surface area (Å²) < 4.78 is 11.8. The van der Waals surface area contributed by atoms with Crippen LogP contribution < -0.4 is 15.4 Å². The van der Waals surface area contributed by atoms with Crippen LogP contribution in [0.2, 0.25) is 0 Å². The first-order valence-corrected chi connectivity index (χ1v) is 11.1. The third kappa shape index (κ3) is 3.43. The lowest BCUT2D eigenvalue weighted by atomic mass is 9.52. The van der Waals surface area contributed by atoms with Crippen LogP contribution in [-0.2, 0) is 19.1 Å². The Kier molecular flexibility index (Phi) is 4.49. The van der Waals surface area contributed by atoms with Crippen LogP contribution in [0.4, 0.5) is 0 Å². The number of hydrogen-bond donors (Lipinski definition) is 2. The topological polar surface area (TPSA) is 93.7 Å². The molecule has 5 rings (SSSR count). The predicted molar refractivity (Wildman–Crippen MR) is 112 cm³/mol. The third-order valence-corrected chi connectivity index (χ3v) is 7.56. The Morgan fingerprint density at radius 2 is 1.97 bits per heavy atom. The normalized spacial score (nSPS) is 41.3. The van der Waals surface area contributed by atoms with Crippen molar-refractivity contribution in [2.45, 2.75) is 71.1 Å². The summed E-state index contributed by atoms with van der Waals surface area (Å²) in [5, 5.41) is 6.02. The Morgan fingerprint density at radius 1 is 1.16 bits per heavy atom.